The van der Waals surface area contributed by atoms with E-state index < -0.39 is 47.6 Å². The molecule has 0 saturated heterocycles. The van der Waals surface area contributed by atoms with Gasteiger partial charge in [-0.3, -0.25) is 0 Å². The van der Waals surface area contributed by atoms with Crippen molar-refractivity contribution in [3.05, 3.63) is 47.4 Å². The first-order valence-electron chi connectivity index (χ1n) is 10.0. The fraction of sp³-hybridized carbons (Fsp3) is 0.412. The summed E-state index contributed by atoms with van der Waals surface area (Å²) >= 11 is 0. The predicted octanol–water partition coefficient (Wildman–Crippen LogP) is 2.93. The number of hydrogen-bond donors (Lipinski definition) is 0. The van der Waals surface area contributed by atoms with Crippen LogP contribution in [-0.4, -0.2) is 14.8 Å². The first-order valence-corrected chi connectivity index (χ1v) is 6.52. The first kappa shape index (κ1) is 8.70. The Hall–Kier alpha value is -2.66. The Balaban J connectivity index is 3.10. The maximum Gasteiger partial charge on any atom is 0.137 e. The zero-order valence-electron chi connectivity index (χ0n) is 19.7. The third-order valence-electron chi connectivity index (χ3n) is 3.12. The van der Waals surface area contributed by atoms with Gasteiger partial charge in [0.15, 0.2) is 0 Å². The molecule has 0 aliphatic rings. The Morgan fingerprint density at radius 1 is 1.14 bits per heavy atom. The Bertz CT molecular complexity index is 1020. The van der Waals surface area contributed by atoms with Gasteiger partial charge in [-0.25, -0.2) is 9.67 Å². The summed E-state index contributed by atoms with van der Waals surface area (Å²) < 4.78 is 58.3. The molecule has 5 nitrogen and oxygen atoms in total. The van der Waals surface area contributed by atoms with Crippen LogP contribution >= 0.6 is 0 Å². The van der Waals surface area contributed by atoms with E-state index >= 15 is 0 Å². The lowest BCUT2D eigenvalue weighted by Gasteiger charge is -2.23. The molecule has 0 radical (unpaired) electrons. The topological polar surface area (TPSA) is 78.3 Å². The van der Waals surface area contributed by atoms with Crippen LogP contribution in [-0.2, 0) is 17.3 Å². The van der Waals surface area contributed by atoms with E-state index in [-0.39, 0.29) is 17.2 Å². The van der Waals surface area contributed by atoms with Gasteiger partial charge < -0.3 is 0 Å². The fourth-order valence-corrected chi connectivity index (χ4v) is 1.58. The molecule has 1 aromatic heterocycles. The smallest absolute Gasteiger partial charge is 0.137 e. The zero-order chi connectivity index (χ0) is 22.5. The molecule has 0 aliphatic carbocycles. The summed E-state index contributed by atoms with van der Waals surface area (Å²) in [6, 6.07) is 2.50. The van der Waals surface area contributed by atoms with Gasteiger partial charge in [-0.15, -0.1) is 0 Å². The number of nitriles is 2. The Morgan fingerprint density at radius 3 is 2.09 bits per heavy atom. The van der Waals surface area contributed by atoms with Crippen molar-refractivity contribution in [3.8, 4) is 12.1 Å². The summed E-state index contributed by atoms with van der Waals surface area (Å²) in [5.74, 6) is 0. The molecule has 0 amide bonds. The van der Waals surface area contributed by atoms with Crippen LogP contribution in [0.1, 0.15) is 54.0 Å². The number of aromatic nitrogens is 3. The summed E-state index contributed by atoms with van der Waals surface area (Å²) in [7, 11) is 0. The van der Waals surface area contributed by atoms with Crippen molar-refractivity contribution in [2.75, 3.05) is 0 Å². The van der Waals surface area contributed by atoms with Gasteiger partial charge >= 0.3 is 0 Å². The molecule has 1 heterocycles. The van der Waals surface area contributed by atoms with Crippen molar-refractivity contribution in [3.63, 3.8) is 0 Å². The molecular formula is C17H19N5. The van der Waals surface area contributed by atoms with Gasteiger partial charge in [0, 0.05) is 0 Å². The molecule has 22 heavy (non-hydrogen) atoms. The number of hydrogen-bond acceptors (Lipinski definition) is 4. The molecule has 2 aromatic rings. The van der Waals surface area contributed by atoms with Crippen molar-refractivity contribution < 1.29 is 9.60 Å². The van der Waals surface area contributed by atoms with Crippen LogP contribution in [0.4, 0.5) is 0 Å². The summed E-state index contributed by atoms with van der Waals surface area (Å²) in [6.45, 7) is 3.07. The normalized spacial score (nSPS) is 16.9. The molecular weight excluding hydrogens is 274 g/mol. The third-order valence-corrected chi connectivity index (χ3v) is 3.12. The van der Waals surface area contributed by atoms with Gasteiger partial charge in [0.25, 0.3) is 0 Å². The molecule has 0 saturated carbocycles. The van der Waals surface area contributed by atoms with E-state index in [2.05, 4.69) is 10.1 Å². The SMILES string of the molecule is [2H]c1nc([2H])n(C([2H])([2H])c2c([2H])c(C(C)(C)C#N)c([2H])c(C(C)(C)C#N)c2[2H])n1. The van der Waals surface area contributed by atoms with E-state index in [1.54, 1.807) is 0 Å². The lowest BCUT2D eigenvalue weighted by Crippen LogP contribution is -2.20. The Labute approximate surface area is 140 Å². The monoisotopic (exact) mass is 300 g/mol. The molecule has 0 atom stereocenters. The highest BCUT2D eigenvalue weighted by Crippen LogP contribution is 2.30. The lowest BCUT2D eigenvalue weighted by molar-refractivity contribution is 0.646. The Morgan fingerprint density at radius 2 is 1.68 bits per heavy atom. The van der Waals surface area contributed by atoms with Gasteiger partial charge in [0.05, 0.1) is 36.3 Å². The summed E-state index contributed by atoms with van der Waals surface area (Å²) in [5.41, 5.74) is -3.60. The minimum Gasteiger partial charge on any atom is -0.249 e. The van der Waals surface area contributed by atoms with E-state index in [0.29, 0.717) is 4.68 Å². The van der Waals surface area contributed by atoms with E-state index in [9.17, 15) is 10.5 Å². The van der Waals surface area contributed by atoms with Crippen LogP contribution in [0.5, 0.6) is 0 Å². The minimum atomic E-state index is -2.76. The number of nitrogens with zero attached hydrogens (tertiary/aromatic N) is 5. The molecule has 112 valence electrons. The molecule has 0 unspecified atom stereocenters. The lowest BCUT2D eigenvalue weighted by atomic mass is 9.79. The molecule has 2 rings (SSSR count). The highest BCUT2D eigenvalue weighted by Gasteiger charge is 2.26. The van der Waals surface area contributed by atoms with E-state index in [1.165, 1.54) is 27.7 Å². The molecule has 0 N–H and O–H groups in total. The van der Waals surface area contributed by atoms with Crippen molar-refractivity contribution >= 4 is 0 Å². The van der Waals surface area contributed by atoms with E-state index in [1.807, 2.05) is 12.1 Å². The van der Waals surface area contributed by atoms with E-state index in [4.69, 9.17) is 9.60 Å². The van der Waals surface area contributed by atoms with Gasteiger partial charge in [-0.2, -0.15) is 15.6 Å². The van der Waals surface area contributed by atoms with Gasteiger partial charge in [0.1, 0.15) is 15.3 Å². The van der Waals surface area contributed by atoms with Crippen LogP contribution in [0.15, 0.2) is 30.7 Å². The average molecular weight is 300 g/mol. The van der Waals surface area contributed by atoms with Gasteiger partial charge in [-0.1, -0.05) is 18.1 Å². The second-order valence-electron chi connectivity index (χ2n) is 5.81. The second kappa shape index (κ2) is 5.61. The molecule has 5 heteroatoms. The van der Waals surface area contributed by atoms with Crippen molar-refractivity contribution in [2.45, 2.75) is 45.0 Å². The summed E-state index contributed by atoms with van der Waals surface area (Å²) in [5, 5.41) is 22.7. The maximum absolute atomic E-state index is 9.57. The number of benzene rings is 1. The van der Waals surface area contributed by atoms with Crippen LogP contribution < -0.4 is 0 Å². The maximum atomic E-state index is 9.57. The zero-order valence-corrected chi connectivity index (χ0v) is 12.7. The highest BCUT2D eigenvalue weighted by atomic mass is 15.3. The standard InChI is InChI=1S/C17H19N5/c1-16(2,9-18)14-5-13(8-22-12-20-11-21-22)6-15(7-14)17(3,4)10-19/h5-7,11-12H,8H2,1-4H3/i5D,6D,7D,8D2,11D,12D. The van der Waals surface area contributed by atoms with Crippen LogP contribution in [0.3, 0.4) is 0 Å². The quantitative estimate of drug-likeness (QED) is 0.869. The third kappa shape index (κ3) is 3.15. The molecule has 0 spiro atoms. The van der Waals surface area contributed by atoms with Crippen LogP contribution in [0, 0.1) is 22.7 Å². The first-order chi connectivity index (χ1) is 13.1. The van der Waals surface area contributed by atoms with Crippen molar-refractivity contribution in [1.82, 2.24) is 14.8 Å². The summed E-state index contributed by atoms with van der Waals surface area (Å²) in [4.78, 5) is 3.44. The summed E-state index contributed by atoms with van der Waals surface area (Å²) in [6.07, 6.45) is -1.29. The van der Waals surface area contributed by atoms with Crippen molar-refractivity contribution in [2.24, 2.45) is 0 Å². The largest absolute Gasteiger partial charge is 0.249 e. The molecule has 0 fully saturated rings. The second-order valence-corrected chi connectivity index (χ2v) is 5.81. The highest BCUT2D eigenvalue weighted by molar-refractivity contribution is 5.42. The predicted molar refractivity (Wildman–Crippen MR) is 82.8 cm³/mol. The fourth-order valence-electron chi connectivity index (χ4n) is 1.58. The molecule has 0 bridgehead atoms. The van der Waals surface area contributed by atoms with E-state index in [0.717, 1.165) is 0 Å². The van der Waals surface area contributed by atoms with Gasteiger partial charge in [-0.05, 0) is 44.4 Å². The van der Waals surface area contributed by atoms with Gasteiger partial charge in [0.2, 0.25) is 0 Å². The number of rotatable bonds is 4. The molecule has 1 aromatic carbocycles. The van der Waals surface area contributed by atoms with Crippen LogP contribution in [0.25, 0.3) is 0 Å². The van der Waals surface area contributed by atoms with Crippen molar-refractivity contribution in [1.29, 1.82) is 10.5 Å². The average Bonchev–Trinajstić information content (AvgIpc) is 2.93. The Kier molecular flexibility index (Phi) is 2.22. The van der Waals surface area contributed by atoms with Crippen LogP contribution in [0.2, 0.25) is 0 Å². The molecule has 0 aliphatic heterocycles. The minimum absolute atomic E-state index is 0.133.